The molecule has 0 heterocycles. The van der Waals surface area contributed by atoms with Crippen LogP contribution in [0.4, 0.5) is 0 Å². The van der Waals surface area contributed by atoms with Gasteiger partial charge in [-0.2, -0.15) is 0 Å². The lowest BCUT2D eigenvalue weighted by atomic mass is 9.87. The average molecular weight is 157 g/mol. The van der Waals surface area contributed by atoms with Crippen molar-refractivity contribution in [2.45, 2.75) is 26.8 Å². The van der Waals surface area contributed by atoms with Crippen molar-refractivity contribution in [3.63, 3.8) is 0 Å². The van der Waals surface area contributed by atoms with Crippen LogP contribution >= 0.6 is 0 Å². The fourth-order valence-electron chi connectivity index (χ4n) is 0.645. The fraction of sp³-hybridized carbons (Fsp3) is 0.833. The summed E-state index contributed by atoms with van der Waals surface area (Å²) in [5.74, 6) is -1.09. The molecule has 0 unspecified atom stereocenters. The molecule has 0 radical (unpaired) electrons. The van der Waals surface area contributed by atoms with Gasteiger partial charge in [-0.3, -0.25) is 4.79 Å². The monoisotopic (exact) mass is 157 g/mol. The first kappa shape index (κ1) is 9.78. The summed E-state index contributed by atoms with van der Waals surface area (Å²) in [7, 11) is 0. The molecule has 0 aliphatic heterocycles. The Hall–Kier alpha value is -1.22. The second kappa shape index (κ2) is 3.25. The molecule has 11 heavy (non-hydrogen) atoms. The lowest BCUT2D eigenvalue weighted by Gasteiger charge is -2.22. The maximum Gasteiger partial charge on any atom is 0.312 e. The molecule has 1 N–H and O–H groups in total. The molecular formula is C6H11N3O2. The minimum absolute atomic E-state index is 0.530. The molecule has 0 spiro atoms. The highest BCUT2D eigenvalue weighted by Gasteiger charge is 2.29. The number of carbonyl (C=O) groups is 1. The lowest BCUT2D eigenvalue weighted by Crippen LogP contribution is -2.31. The van der Waals surface area contributed by atoms with Crippen molar-refractivity contribution in [3.8, 4) is 0 Å². The van der Waals surface area contributed by atoms with Crippen LogP contribution in [0.2, 0.25) is 0 Å². The van der Waals surface area contributed by atoms with Crippen molar-refractivity contribution in [1.29, 1.82) is 0 Å². The smallest absolute Gasteiger partial charge is 0.312 e. The van der Waals surface area contributed by atoms with Crippen molar-refractivity contribution in [3.05, 3.63) is 10.4 Å². The molecule has 0 bridgehead atoms. The van der Waals surface area contributed by atoms with Gasteiger partial charge in [-0.1, -0.05) is 25.9 Å². The van der Waals surface area contributed by atoms with Gasteiger partial charge in [-0.05, 0) is 10.9 Å². The van der Waals surface area contributed by atoms with E-state index < -0.39 is 17.4 Å². The molecule has 0 aromatic heterocycles. The van der Waals surface area contributed by atoms with E-state index in [1.807, 2.05) is 0 Å². The maximum atomic E-state index is 10.5. The Labute approximate surface area is 64.7 Å². The molecule has 0 aliphatic rings. The first-order valence-corrected chi connectivity index (χ1v) is 3.16. The summed E-state index contributed by atoms with van der Waals surface area (Å²) in [6.07, 6.45) is 0. The van der Waals surface area contributed by atoms with E-state index >= 15 is 0 Å². The SMILES string of the molecule is CC(C)(C)[C@H](N=[N+]=[N-])C(=O)O. The van der Waals surface area contributed by atoms with Crippen LogP contribution in [0, 0.1) is 5.41 Å². The van der Waals surface area contributed by atoms with E-state index in [0.717, 1.165) is 0 Å². The number of hydrogen-bond acceptors (Lipinski definition) is 2. The zero-order chi connectivity index (χ0) is 9.07. The highest BCUT2D eigenvalue weighted by Crippen LogP contribution is 2.22. The summed E-state index contributed by atoms with van der Waals surface area (Å²) in [6, 6.07) is -0.993. The van der Waals surface area contributed by atoms with Crippen LogP contribution in [0.1, 0.15) is 20.8 Å². The largest absolute Gasteiger partial charge is 0.481 e. The zero-order valence-electron chi connectivity index (χ0n) is 6.77. The third kappa shape index (κ3) is 2.91. The molecule has 5 heteroatoms. The number of hydrogen-bond donors (Lipinski definition) is 1. The van der Waals surface area contributed by atoms with Gasteiger partial charge in [0.25, 0.3) is 0 Å². The topological polar surface area (TPSA) is 86.1 Å². The van der Waals surface area contributed by atoms with Gasteiger partial charge in [0.05, 0.1) is 0 Å². The summed E-state index contributed by atoms with van der Waals surface area (Å²) in [4.78, 5) is 12.9. The molecule has 62 valence electrons. The van der Waals surface area contributed by atoms with Crippen LogP contribution in [-0.2, 0) is 4.79 Å². The van der Waals surface area contributed by atoms with E-state index in [-0.39, 0.29) is 0 Å². The van der Waals surface area contributed by atoms with Crippen LogP contribution in [-0.4, -0.2) is 17.1 Å². The Kier molecular flexibility index (Phi) is 2.89. The van der Waals surface area contributed by atoms with Crippen LogP contribution in [0.15, 0.2) is 5.11 Å². The minimum Gasteiger partial charge on any atom is -0.481 e. The number of nitrogens with zero attached hydrogens (tertiary/aromatic N) is 3. The molecule has 0 fully saturated rings. The normalized spacial score (nSPS) is 13.4. The van der Waals surface area contributed by atoms with Crippen molar-refractivity contribution in [2.24, 2.45) is 10.5 Å². The molecular weight excluding hydrogens is 146 g/mol. The Balaban J connectivity index is 4.61. The number of rotatable bonds is 2. The summed E-state index contributed by atoms with van der Waals surface area (Å²) in [5.41, 5.74) is 7.51. The van der Waals surface area contributed by atoms with Crippen LogP contribution < -0.4 is 0 Å². The lowest BCUT2D eigenvalue weighted by molar-refractivity contribution is -0.140. The van der Waals surface area contributed by atoms with Crippen LogP contribution in [0.25, 0.3) is 10.4 Å². The quantitative estimate of drug-likeness (QED) is 0.376. The van der Waals surface area contributed by atoms with Gasteiger partial charge in [-0.15, -0.1) is 0 Å². The predicted octanol–water partition coefficient (Wildman–Crippen LogP) is 1.80. The summed E-state index contributed by atoms with van der Waals surface area (Å²) in [6.45, 7) is 5.13. The van der Waals surface area contributed by atoms with Crippen molar-refractivity contribution in [2.75, 3.05) is 0 Å². The van der Waals surface area contributed by atoms with E-state index in [2.05, 4.69) is 10.0 Å². The standard InChI is InChI=1S/C6H11N3O2/c1-6(2,3)4(5(10)11)8-9-7/h4H,1-3H3,(H,10,11)/t4-/m1/s1. The molecule has 0 saturated carbocycles. The minimum atomic E-state index is -1.09. The second-order valence-electron chi connectivity index (χ2n) is 3.31. The number of aliphatic carboxylic acids is 1. The number of carboxylic acids is 1. The van der Waals surface area contributed by atoms with Gasteiger partial charge in [0.15, 0.2) is 0 Å². The summed E-state index contributed by atoms with van der Waals surface area (Å²) in [5, 5.41) is 11.8. The summed E-state index contributed by atoms with van der Waals surface area (Å²) < 4.78 is 0. The van der Waals surface area contributed by atoms with E-state index in [4.69, 9.17) is 10.6 Å². The highest BCUT2D eigenvalue weighted by molar-refractivity contribution is 5.74. The molecule has 0 amide bonds. The Morgan fingerprint density at radius 1 is 1.64 bits per heavy atom. The second-order valence-corrected chi connectivity index (χ2v) is 3.31. The van der Waals surface area contributed by atoms with E-state index in [1.165, 1.54) is 0 Å². The third-order valence-electron chi connectivity index (χ3n) is 1.22. The molecule has 0 saturated heterocycles. The highest BCUT2D eigenvalue weighted by atomic mass is 16.4. The summed E-state index contributed by atoms with van der Waals surface area (Å²) >= 11 is 0. The van der Waals surface area contributed by atoms with Gasteiger partial charge >= 0.3 is 5.97 Å². The van der Waals surface area contributed by atoms with Gasteiger partial charge < -0.3 is 5.11 Å². The molecule has 0 aliphatic carbocycles. The molecule has 0 rings (SSSR count). The molecule has 0 aromatic carbocycles. The predicted molar refractivity (Wildman–Crippen MR) is 40.0 cm³/mol. The van der Waals surface area contributed by atoms with E-state index in [0.29, 0.717) is 0 Å². The first-order chi connectivity index (χ1) is 4.89. The van der Waals surface area contributed by atoms with Crippen molar-refractivity contribution in [1.82, 2.24) is 0 Å². The van der Waals surface area contributed by atoms with Crippen LogP contribution in [0.3, 0.4) is 0 Å². The average Bonchev–Trinajstić information content (AvgIpc) is 1.79. The Morgan fingerprint density at radius 3 is 2.18 bits per heavy atom. The van der Waals surface area contributed by atoms with Gasteiger partial charge in [0.2, 0.25) is 0 Å². The van der Waals surface area contributed by atoms with Crippen molar-refractivity contribution < 1.29 is 9.90 Å². The van der Waals surface area contributed by atoms with E-state index in [9.17, 15) is 4.79 Å². The number of carboxylic acid groups (broad SMARTS) is 1. The molecule has 0 aromatic rings. The van der Waals surface area contributed by atoms with Gasteiger partial charge in [0, 0.05) is 4.91 Å². The number of azide groups is 1. The van der Waals surface area contributed by atoms with Gasteiger partial charge in [-0.25, -0.2) is 0 Å². The first-order valence-electron chi connectivity index (χ1n) is 3.16. The maximum absolute atomic E-state index is 10.5. The van der Waals surface area contributed by atoms with Crippen LogP contribution in [0.5, 0.6) is 0 Å². The van der Waals surface area contributed by atoms with E-state index in [1.54, 1.807) is 20.8 Å². The Bertz CT molecular complexity index is 198. The Morgan fingerprint density at radius 2 is 2.09 bits per heavy atom. The molecule has 1 atom stereocenters. The van der Waals surface area contributed by atoms with Gasteiger partial charge in [0.1, 0.15) is 6.04 Å². The third-order valence-corrected chi connectivity index (χ3v) is 1.22. The zero-order valence-corrected chi connectivity index (χ0v) is 6.77. The van der Waals surface area contributed by atoms with Crippen molar-refractivity contribution >= 4 is 5.97 Å². The molecule has 5 nitrogen and oxygen atoms in total. The fourth-order valence-corrected chi connectivity index (χ4v) is 0.645.